The first-order valence-corrected chi connectivity index (χ1v) is 16.1. The Labute approximate surface area is 268 Å². The molecule has 43 heavy (non-hydrogen) atoms. The Kier molecular flexibility index (Phi) is 10.3. The van der Waals surface area contributed by atoms with Crippen molar-refractivity contribution in [3.8, 4) is 11.5 Å². The molecule has 4 aromatic rings. The number of fused-ring (bicyclic) bond motifs is 1. The molecule has 5 rings (SSSR count). The SMILES string of the molecule is CCCOC(=O)C1=C(C)Nc2nc(SCc3ccccc3Cl)nn2C1c1ccc(OCc2cccc(Br)c2)c(OCC)c1. The third-order valence-electron chi connectivity index (χ3n) is 6.67. The van der Waals surface area contributed by atoms with Crippen LogP contribution in [0.2, 0.25) is 5.02 Å². The zero-order valence-electron chi connectivity index (χ0n) is 24.1. The molecule has 1 aliphatic heterocycles. The van der Waals surface area contributed by atoms with Crippen LogP contribution >= 0.6 is 39.3 Å². The Hall–Kier alpha value is -3.47. The first-order valence-electron chi connectivity index (χ1n) is 14.0. The predicted molar refractivity (Wildman–Crippen MR) is 173 cm³/mol. The van der Waals surface area contributed by atoms with Crippen molar-refractivity contribution in [2.24, 2.45) is 0 Å². The molecule has 1 unspecified atom stereocenters. The fourth-order valence-corrected chi connectivity index (χ4v) is 6.23. The molecule has 1 N–H and O–H groups in total. The van der Waals surface area contributed by atoms with Gasteiger partial charge in [-0.25, -0.2) is 9.48 Å². The average Bonchev–Trinajstić information content (AvgIpc) is 3.40. The van der Waals surface area contributed by atoms with Gasteiger partial charge in [0.1, 0.15) is 12.6 Å². The van der Waals surface area contributed by atoms with Crippen molar-refractivity contribution < 1.29 is 19.0 Å². The molecule has 8 nitrogen and oxygen atoms in total. The molecule has 0 saturated heterocycles. The average molecular weight is 684 g/mol. The fourth-order valence-electron chi connectivity index (χ4n) is 4.67. The van der Waals surface area contributed by atoms with Crippen molar-refractivity contribution in [3.05, 3.63) is 104 Å². The number of esters is 1. The predicted octanol–water partition coefficient (Wildman–Crippen LogP) is 8.21. The number of benzene rings is 3. The molecule has 2 heterocycles. The first kappa shape index (κ1) is 31.0. The number of aromatic nitrogens is 3. The summed E-state index contributed by atoms with van der Waals surface area (Å²) >= 11 is 11.4. The van der Waals surface area contributed by atoms with Gasteiger partial charge in [-0.2, -0.15) is 4.98 Å². The van der Waals surface area contributed by atoms with Gasteiger partial charge in [0.15, 0.2) is 11.5 Å². The van der Waals surface area contributed by atoms with Gasteiger partial charge in [0, 0.05) is 20.9 Å². The lowest BCUT2D eigenvalue weighted by Gasteiger charge is -2.28. The van der Waals surface area contributed by atoms with Gasteiger partial charge < -0.3 is 19.5 Å². The molecule has 0 saturated carbocycles. The monoisotopic (exact) mass is 682 g/mol. The number of allylic oxidation sites excluding steroid dienone is 1. The second-order valence-electron chi connectivity index (χ2n) is 9.80. The fraction of sp³-hybridized carbons (Fsp3) is 0.281. The number of hydrogen-bond donors (Lipinski definition) is 1. The second-order valence-corrected chi connectivity index (χ2v) is 12.1. The van der Waals surface area contributed by atoms with Gasteiger partial charge in [0.2, 0.25) is 11.1 Å². The highest BCUT2D eigenvalue weighted by molar-refractivity contribution is 9.10. The Balaban J connectivity index is 1.49. The van der Waals surface area contributed by atoms with E-state index in [1.165, 1.54) is 11.8 Å². The minimum absolute atomic E-state index is 0.318. The molecule has 0 spiro atoms. The molecule has 1 aliphatic rings. The number of rotatable bonds is 12. The van der Waals surface area contributed by atoms with Crippen molar-refractivity contribution in [3.63, 3.8) is 0 Å². The number of anilines is 1. The van der Waals surface area contributed by atoms with Gasteiger partial charge in [-0.15, -0.1) is 5.10 Å². The number of ether oxygens (including phenoxy) is 3. The molecule has 3 aromatic carbocycles. The highest BCUT2D eigenvalue weighted by Crippen LogP contribution is 2.40. The maximum Gasteiger partial charge on any atom is 0.338 e. The zero-order chi connectivity index (χ0) is 30.3. The van der Waals surface area contributed by atoms with Crippen molar-refractivity contribution in [1.82, 2.24) is 14.8 Å². The Bertz CT molecular complexity index is 1640. The van der Waals surface area contributed by atoms with Gasteiger partial charge in [-0.3, -0.25) is 0 Å². The summed E-state index contributed by atoms with van der Waals surface area (Å²) in [6.07, 6.45) is 0.714. The topological polar surface area (TPSA) is 87.5 Å². The Morgan fingerprint density at radius 1 is 1.07 bits per heavy atom. The Morgan fingerprint density at radius 3 is 2.67 bits per heavy atom. The maximum atomic E-state index is 13.4. The minimum atomic E-state index is -0.596. The number of thioether (sulfide) groups is 1. The smallest absolute Gasteiger partial charge is 0.338 e. The van der Waals surface area contributed by atoms with Crippen molar-refractivity contribution in [1.29, 1.82) is 0 Å². The van der Waals surface area contributed by atoms with Crippen LogP contribution in [-0.4, -0.2) is 33.9 Å². The largest absolute Gasteiger partial charge is 0.490 e. The van der Waals surface area contributed by atoms with E-state index < -0.39 is 12.0 Å². The van der Waals surface area contributed by atoms with Crippen molar-refractivity contribution in [2.75, 3.05) is 18.5 Å². The number of nitrogens with one attached hydrogen (secondary N) is 1. The number of carbonyl (C=O) groups excluding carboxylic acids is 1. The first-order chi connectivity index (χ1) is 20.9. The summed E-state index contributed by atoms with van der Waals surface area (Å²) in [5.74, 6) is 1.90. The molecule has 0 fully saturated rings. The van der Waals surface area contributed by atoms with E-state index in [0.29, 0.717) is 70.9 Å². The number of carbonyl (C=O) groups is 1. The molecule has 0 bridgehead atoms. The van der Waals surface area contributed by atoms with Gasteiger partial charge in [0.05, 0.1) is 18.8 Å². The number of halogens is 2. The van der Waals surface area contributed by atoms with E-state index in [0.717, 1.165) is 21.2 Å². The summed E-state index contributed by atoms with van der Waals surface area (Å²) in [7, 11) is 0. The summed E-state index contributed by atoms with van der Waals surface area (Å²) in [4.78, 5) is 18.2. The quantitative estimate of drug-likeness (QED) is 0.118. The van der Waals surface area contributed by atoms with Gasteiger partial charge in [-0.1, -0.05) is 82.6 Å². The van der Waals surface area contributed by atoms with Crippen LogP contribution in [0.4, 0.5) is 5.95 Å². The van der Waals surface area contributed by atoms with E-state index in [1.807, 2.05) is 87.5 Å². The third kappa shape index (κ3) is 7.37. The van der Waals surface area contributed by atoms with E-state index in [4.69, 9.17) is 35.9 Å². The molecule has 1 aromatic heterocycles. The molecule has 0 radical (unpaired) electrons. The zero-order valence-corrected chi connectivity index (χ0v) is 27.3. The molecular weight excluding hydrogens is 652 g/mol. The van der Waals surface area contributed by atoms with Crippen molar-refractivity contribution in [2.45, 2.75) is 50.8 Å². The third-order valence-corrected chi connectivity index (χ3v) is 8.42. The molecular formula is C32H32BrClN4O4S. The minimum Gasteiger partial charge on any atom is -0.490 e. The van der Waals surface area contributed by atoms with Crippen LogP contribution in [0.5, 0.6) is 11.5 Å². The van der Waals surface area contributed by atoms with E-state index >= 15 is 0 Å². The lowest BCUT2D eigenvalue weighted by molar-refractivity contribution is -0.139. The highest BCUT2D eigenvalue weighted by Gasteiger charge is 2.36. The number of hydrogen-bond acceptors (Lipinski definition) is 8. The van der Waals surface area contributed by atoms with E-state index in [1.54, 1.807) is 4.68 Å². The molecule has 0 aliphatic carbocycles. The van der Waals surface area contributed by atoms with Gasteiger partial charge in [-0.05, 0) is 67.3 Å². The lowest BCUT2D eigenvalue weighted by atomic mass is 9.95. The van der Waals surface area contributed by atoms with Crippen LogP contribution in [-0.2, 0) is 21.9 Å². The van der Waals surface area contributed by atoms with Crippen molar-refractivity contribution >= 4 is 51.2 Å². The van der Waals surface area contributed by atoms with Crippen LogP contribution < -0.4 is 14.8 Å². The Morgan fingerprint density at radius 2 is 1.91 bits per heavy atom. The second kappa shape index (κ2) is 14.3. The van der Waals surface area contributed by atoms with E-state index in [9.17, 15) is 4.79 Å². The van der Waals surface area contributed by atoms with Crippen LogP contribution in [0.1, 0.15) is 49.9 Å². The van der Waals surface area contributed by atoms with Crippen LogP contribution in [0.15, 0.2) is 87.6 Å². The van der Waals surface area contributed by atoms with E-state index in [2.05, 4.69) is 21.2 Å². The summed E-state index contributed by atoms with van der Waals surface area (Å²) in [6.45, 7) is 6.87. The standard InChI is InChI=1S/C32H32BrClN4O4S/c1-4-15-41-30(39)28-20(3)35-31-36-32(43-19-23-10-6-7-12-25(23)34)37-38(31)29(28)22-13-14-26(27(17-22)40-5-2)42-18-21-9-8-11-24(33)16-21/h6-14,16-17,29H,4-5,15,18-19H2,1-3H3,(H,35,36,37). The van der Waals surface area contributed by atoms with E-state index in [-0.39, 0.29) is 0 Å². The molecule has 224 valence electrons. The number of nitrogens with zero attached hydrogens (tertiary/aromatic N) is 3. The molecule has 11 heteroatoms. The summed E-state index contributed by atoms with van der Waals surface area (Å²) in [5.41, 5.74) is 3.91. The van der Waals surface area contributed by atoms with Crippen LogP contribution in [0.25, 0.3) is 0 Å². The summed E-state index contributed by atoms with van der Waals surface area (Å²) < 4.78 is 20.5. The van der Waals surface area contributed by atoms with Gasteiger partial charge >= 0.3 is 5.97 Å². The molecule has 1 atom stereocenters. The lowest BCUT2D eigenvalue weighted by Crippen LogP contribution is -2.29. The molecule has 0 amide bonds. The normalized spacial score (nSPS) is 14.2. The van der Waals surface area contributed by atoms with Crippen LogP contribution in [0.3, 0.4) is 0 Å². The van der Waals surface area contributed by atoms with Gasteiger partial charge in [0.25, 0.3) is 0 Å². The highest BCUT2D eigenvalue weighted by atomic mass is 79.9. The summed E-state index contributed by atoms with van der Waals surface area (Å²) in [6, 6.07) is 20.8. The summed E-state index contributed by atoms with van der Waals surface area (Å²) in [5, 5.41) is 9.34. The van der Waals surface area contributed by atoms with Crippen LogP contribution in [0, 0.1) is 0 Å². The maximum absolute atomic E-state index is 13.4.